The van der Waals surface area contributed by atoms with Crippen LogP contribution in [0.3, 0.4) is 0 Å². The SMILES string of the molecule is CCPC(c1ccccc1)(c1ccccc1)N1C=NC(C[C@H](N)C(=O)OC)C1. The normalized spacial score (nSPS) is 18.0. The third kappa shape index (κ3) is 4.11. The summed E-state index contributed by atoms with van der Waals surface area (Å²) in [6.45, 7) is 2.94. The second kappa shape index (κ2) is 9.31. The zero-order chi connectivity index (χ0) is 20.0. The first-order chi connectivity index (χ1) is 13.6. The molecule has 2 aromatic rings. The van der Waals surface area contributed by atoms with E-state index >= 15 is 0 Å². The molecule has 0 saturated carbocycles. The van der Waals surface area contributed by atoms with E-state index < -0.39 is 6.04 Å². The van der Waals surface area contributed by atoms with Crippen LogP contribution in [0.25, 0.3) is 0 Å². The average molecular weight is 397 g/mol. The standard InChI is InChI=1S/C22H28N3O2P/c1-3-28-22(17-10-6-4-7-11-17,18-12-8-5-9-13-18)25-15-19(24-16-25)14-20(23)21(26)27-2/h4-13,16,19-20,28H,3,14-15,23H2,1-2H3/t19?,20-/m0/s1. The molecule has 28 heavy (non-hydrogen) atoms. The van der Waals surface area contributed by atoms with Crippen LogP contribution in [0.15, 0.2) is 65.7 Å². The van der Waals surface area contributed by atoms with E-state index in [0.717, 1.165) is 12.7 Å². The number of nitrogens with two attached hydrogens (primary N) is 1. The summed E-state index contributed by atoms with van der Waals surface area (Å²) in [5, 5.41) is -0.273. The summed E-state index contributed by atoms with van der Waals surface area (Å²) in [5.41, 5.74) is 8.49. The number of ether oxygens (including phenoxy) is 1. The van der Waals surface area contributed by atoms with Gasteiger partial charge in [-0.05, 0) is 23.7 Å². The van der Waals surface area contributed by atoms with Crippen LogP contribution in [0.4, 0.5) is 0 Å². The molecule has 3 rings (SSSR count). The Bertz CT molecular complexity index is 758. The van der Waals surface area contributed by atoms with E-state index in [-0.39, 0.29) is 17.3 Å². The van der Waals surface area contributed by atoms with Crippen LogP contribution in [0.5, 0.6) is 0 Å². The summed E-state index contributed by atoms with van der Waals surface area (Å²) >= 11 is 0. The third-order valence-electron chi connectivity index (χ3n) is 5.10. The first kappa shape index (κ1) is 20.5. The Hall–Kier alpha value is -2.23. The van der Waals surface area contributed by atoms with Gasteiger partial charge in [-0.1, -0.05) is 76.2 Å². The van der Waals surface area contributed by atoms with Crippen LogP contribution in [0.1, 0.15) is 24.5 Å². The number of esters is 1. The van der Waals surface area contributed by atoms with Crippen LogP contribution >= 0.6 is 8.58 Å². The van der Waals surface area contributed by atoms with Crippen LogP contribution in [-0.4, -0.2) is 49.1 Å². The van der Waals surface area contributed by atoms with Gasteiger partial charge in [0.05, 0.1) is 19.5 Å². The van der Waals surface area contributed by atoms with Gasteiger partial charge in [0, 0.05) is 6.54 Å². The van der Waals surface area contributed by atoms with Crippen molar-refractivity contribution in [2.75, 3.05) is 19.8 Å². The van der Waals surface area contributed by atoms with Crippen molar-refractivity contribution in [3.63, 3.8) is 0 Å². The number of hydrogen-bond donors (Lipinski definition) is 1. The number of carbonyl (C=O) groups is 1. The molecule has 0 fully saturated rings. The smallest absolute Gasteiger partial charge is 0.322 e. The van der Waals surface area contributed by atoms with Gasteiger partial charge in [0.15, 0.2) is 0 Å². The van der Waals surface area contributed by atoms with E-state index in [2.05, 4.69) is 60.4 Å². The van der Waals surface area contributed by atoms with Crippen molar-refractivity contribution in [3.8, 4) is 0 Å². The van der Waals surface area contributed by atoms with Gasteiger partial charge < -0.3 is 15.4 Å². The van der Waals surface area contributed by atoms with Crippen molar-refractivity contribution in [1.29, 1.82) is 0 Å². The van der Waals surface area contributed by atoms with Crippen molar-refractivity contribution >= 4 is 20.9 Å². The fourth-order valence-corrected chi connectivity index (χ4v) is 5.42. The highest BCUT2D eigenvalue weighted by molar-refractivity contribution is 7.39. The molecule has 0 aliphatic carbocycles. The Balaban J connectivity index is 1.95. The molecular weight excluding hydrogens is 369 g/mol. The Morgan fingerprint density at radius 3 is 2.29 bits per heavy atom. The molecule has 1 aliphatic rings. The van der Waals surface area contributed by atoms with Gasteiger partial charge in [-0.25, -0.2) is 0 Å². The van der Waals surface area contributed by atoms with Gasteiger partial charge in [-0.15, -0.1) is 0 Å². The largest absolute Gasteiger partial charge is 0.468 e. The first-order valence-corrected chi connectivity index (χ1v) is 10.8. The molecule has 1 aliphatic heterocycles. The van der Waals surface area contributed by atoms with Crippen LogP contribution in [0, 0.1) is 0 Å². The summed E-state index contributed by atoms with van der Waals surface area (Å²) in [5.74, 6) is -0.388. The van der Waals surface area contributed by atoms with E-state index in [1.807, 2.05) is 18.5 Å². The van der Waals surface area contributed by atoms with Crippen molar-refractivity contribution in [3.05, 3.63) is 71.8 Å². The predicted molar refractivity (Wildman–Crippen MR) is 116 cm³/mol. The maximum atomic E-state index is 11.7. The van der Waals surface area contributed by atoms with E-state index in [0.29, 0.717) is 15.0 Å². The number of hydrogen-bond acceptors (Lipinski definition) is 5. The minimum absolute atomic E-state index is 0.0254. The number of carbonyl (C=O) groups excluding carboxylic acids is 1. The molecule has 3 atom stereocenters. The highest BCUT2D eigenvalue weighted by Crippen LogP contribution is 2.50. The molecule has 5 nitrogen and oxygen atoms in total. The maximum absolute atomic E-state index is 11.7. The molecule has 6 heteroatoms. The van der Waals surface area contributed by atoms with Gasteiger partial charge in [0.25, 0.3) is 0 Å². The van der Waals surface area contributed by atoms with Gasteiger partial charge in [0.2, 0.25) is 0 Å². The summed E-state index contributed by atoms with van der Waals surface area (Å²) in [4.78, 5) is 18.7. The zero-order valence-electron chi connectivity index (χ0n) is 16.4. The number of nitrogens with zero attached hydrogens (tertiary/aromatic N) is 2. The lowest BCUT2D eigenvalue weighted by Gasteiger charge is -2.43. The zero-order valence-corrected chi connectivity index (χ0v) is 17.4. The molecular formula is C22H28N3O2P. The highest BCUT2D eigenvalue weighted by atomic mass is 31.1. The number of benzene rings is 2. The van der Waals surface area contributed by atoms with Gasteiger partial charge >= 0.3 is 5.97 Å². The van der Waals surface area contributed by atoms with E-state index in [9.17, 15) is 4.79 Å². The topological polar surface area (TPSA) is 67.9 Å². The molecule has 0 spiro atoms. The van der Waals surface area contributed by atoms with Crippen molar-refractivity contribution < 1.29 is 9.53 Å². The molecule has 2 N–H and O–H groups in total. The molecule has 2 unspecified atom stereocenters. The third-order valence-corrected chi connectivity index (χ3v) is 6.83. The van der Waals surface area contributed by atoms with Crippen LogP contribution in [0.2, 0.25) is 0 Å². The molecule has 148 valence electrons. The Morgan fingerprint density at radius 2 is 1.79 bits per heavy atom. The monoisotopic (exact) mass is 397 g/mol. The van der Waals surface area contributed by atoms with Crippen LogP contribution < -0.4 is 5.73 Å². The fraction of sp³-hybridized carbons (Fsp3) is 0.364. The second-order valence-electron chi connectivity index (χ2n) is 6.91. The summed E-state index contributed by atoms with van der Waals surface area (Å²) in [6.07, 6.45) is 3.48. The fourth-order valence-electron chi connectivity index (χ4n) is 3.81. The molecule has 0 radical (unpaired) electrons. The van der Waals surface area contributed by atoms with Crippen molar-refractivity contribution in [1.82, 2.24) is 4.90 Å². The Labute approximate surface area is 168 Å². The average Bonchev–Trinajstić information content (AvgIpc) is 3.21. The minimum Gasteiger partial charge on any atom is -0.468 e. The van der Waals surface area contributed by atoms with Crippen molar-refractivity contribution in [2.24, 2.45) is 10.7 Å². The highest BCUT2D eigenvalue weighted by Gasteiger charge is 2.41. The summed E-state index contributed by atoms with van der Waals surface area (Å²) in [6, 6.07) is 20.5. The first-order valence-electron chi connectivity index (χ1n) is 9.61. The predicted octanol–water partition coefficient (Wildman–Crippen LogP) is 3.19. The van der Waals surface area contributed by atoms with E-state index in [4.69, 9.17) is 15.5 Å². The molecule has 1 heterocycles. The number of aliphatic imine (C=N–C) groups is 1. The molecule has 0 saturated heterocycles. The van der Waals surface area contributed by atoms with Crippen LogP contribution in [-0.2, 0) is 14.8 Å². The van der Waals surface area contributed by atoms with Gasteiger partial charge in [-0.3, -0.25) is 9.79 Å². The van der Waals surface area contributed by atoms with Gasteiger partial charge in [-0.2, -0.15) is 0 Å². The molecule has 2 aromatic carbocycles. The lowest BCUT2D eigenvalue weighted by atomic mass is 9.95. The minimum atomic E-state index is -0.649. The molecule has 0 aromatic heterocycles. The number of rotatable bonds is 8. The summed E-state index contributed by atoms with van der Waals surface area (Å²) in [7, 11) is 2.02. The molecule has 0 bridgehead atoms. The quantitative estimate of drug-likeness (QED) is 0.549. The van der Waals surface area contributed by atoms with E-state index in [1.54, 1.807) is 0 Å². The van der Waals surface area contributed by atoms with Crippen molar-refractivity contribution in [2.45, 2.75) is 30.7 Å². The lowest BCUT2D eigenvalue weighted by molar-refractivity contribution is -0.142. The maximum Gasteiger partial charge on any atom is 0.322 e. The second-order valence-corrected chi connectivity index (χ2v) is 8.69. The molecule has 0 amide bonds. The van der Waals surface area contributed by atoms with Gasteiger partial charge in [0.1, 0.15) is 11.3 Å². The number of methoxy groups -OCH3 is 1. The Kier molecular flexibility index (Phi) is 6.82. The Morgan fingerprint density at radius 1 is 1.21 bits per heavy atom. The lowest BCUT2D eigenvalue weighted by Crippen LogP contribution is -2.44. The van der Waals surface area contributed by atoms with E-state index in [1.165, 1.54) is 18.2 Å². The summed E-state index contributed by atoms with van der Waals surface area (Å²) < 4.78 is 4.77.